The highest BCUT2D eigenvalue weighted by Crippen LogP contribution is 2.37. The highest BCUT2D eigenvalue weighted by molar-refractivity contribution is 6.23. The normalized spacial score (nSPS) is 11.8. The van der Waals surface area contributed by atoms with Gasteiger partial charge in [-0.3, -0.25) is 0 Å². The molecule has 4 heteroatoms. The maximum absolute atomic E-state index is 13.7. The molecular formula is C29H19FN3+. The first-order valence-corrected chi connectivity index (χ1v) is 11.0. The van der Waals surface area contributed by atoms with Crippen molar-refractivity contribution in [1.29, 1.82) is 0 Å². The van der Waals surface area contributed by atoms with Gasteiger partial charge in [0, 0.05) is 27.2 Å². The lowest BCUT2D eigenvalue weighted by Crippen LogP contribution is -2.20. The number of aromatic nitrogens is 3. The van der Waals surface area contributed by atoms with Gasteiger partial charge in [-0.15, -0.1) is 0 Å². The molecule has 3 heterocycles. The largest absolute Gasteiger partial charge is 0.351 e. The van der Waals surface area contributed by atoms with Gasteiger partial charge in [0.25, 0.3) is 6.33 Å². The molecule has 156 valence electrons. The fourth-order valence-electron chi connectivity index (χ4n) is 5.04. The smallest absolute Gasteiger partial charge is 0.255 e. The summed E-state index contributed by atoms with van der Waals surface area (Å²) in [5, 5.41) is 3.62. The maximum atomic E-state index is 13.7. The van der Waals surface area contributed by atoms with E-state index in [0.717, 1.165) is 39.0 Å². The second-order valence-electron chi connectivity index (χ2n) is 8.33. The van der Waals surface area contributed by atoms with Crippen molar-refractivity contribution >= 4 is 38.2 Å². The van der Waals surface area contributed by atoms with E-state index in [1.165, 1.54) is 28.3 Å². The number of pyridine rings is 1. The molecule has 0 aliphatic rings. The zero-order chi connectivity index (χ0) is 21.9. The SMILES string of the molecule is Fc1ccc(-n2c[n+]3c4ccccc4c4c5ccccc5[nH]c4c3c2-c2ccccc2)cc1. The number of para-hydroxylation sites is 2. The number of rotatable bonds is 2. The summed E-state index contributed by atoms with van der Waals surface area (Å²) in [6.07, 6.45) is 2.11. The van der Waals surface area contributed by atoms with Crippen molar-refractivity contribution in [2.45, 2.75) is 0 Å². The molecule has 0 bridgehead atoms. The Kier molecular flexibility index (Phi) is 3.73. The van der Waals surface area contributed by atoms with Crippen LogP contribution in [0, 0.1) is 5.82 Å². The van der Waals surface area contributed by atoms with E-state index >= 15 is 0 Å². The zero-order valence-corrected chi connectivity index (χ0v) is 17.7. The van der Waals surface area contributed by atoms with Crippen LogP contribution < -0.4 is 4.40 Å². The molecule has 0 unspecified atom stereocenters. The fraction of sp³-hybridized carbons (Fsp3) is 0. The van der Waals surface area contributed by atoms with Crippen molar-refractivity contribution in [3.63, 3.8) is 0 Å². The minimum atomic E-state index is -0.243. The van der Waals surface area contributed by atoms with Crippen LogP contribution >= 0.6 is 0 Å². The zero-order valence-electron chi connectivity index (χ0n) is 17.7. The van der Waals surface area contributed by atoms with Crippen molar-refractivity contribution in [3.05, 3.63) is 115 Å². The molecule has 0 aliphatic carbocycles. The van der Waals surface area contributed by atoms with Crippen LogP contribution in [0.3, 0.4) is 0 Å². The highest BCUT2D eigenvalue weighted by atomic mass is 19.1. The van der Waals surface area contributed by atoms with Gasteiger partial charge in [0.15, 0.2) is 5.69 Å². The third-order valence-corrected chi connectivity index (χ3v) is 6.46. The molecule has 4 aromatic carbocycles. The molecule has 3 aromatic heterocycles. The molecule has 0 amide bonds. The summed E-state index contributed by atoms with van der Waals surface area (Å²) in [6.45, 7) is 0. The molecule has 7 rings (SSSR count). The summed E-state index contributed by atoms with van der Waals surface area (Å²) >= 11 is 0. The average Bonchev–Trinajstić information content (AvgIpc) is 3.45. The maximum Gasteiger partial charge on any atom is 0.255 e. The van der Waals surface area contributed by atoms with Gasteiger partial charge < -0.3 is 4.98 Å². The second-order valence-corrected chi connectivity index (χ2v) is 8.33. The van der Waals surface area contributed by atoms with E-state index in [-0.39, 0.29) is 5.82 Å². The molecule has 0 fully saturated rings. The first-order chi connectivity index (χ1) is 16.3. The Balaban J connectivity index is 1.76. The first kappa shape index (κ1) is 18.2. The molecule has 0 atom stereocenters. The van der Waals surface area contributed by atoms with Gasteiger partial charge in [-0.2, -0.15) is 8.97 Å². The van der Waals surface area contributed by atoms with E-state index in [4.69, 9.17) is 0 Å². The number of H-pyrrole nitrogens is 1. The Morgan fingerprint density at radius 2 is 1.39 bits per heavy atom. The lowest BCUT2D eigenvalue weighted by molar-refractivity contribution is -0.480. The molecule has 3 nitrogen and oxygen atoms in total. The van der Waals surface area contributed by atoms with E-state index in [0.29, 0.717) is 0 Å². The number of benzene rings is 4. The minimum Gasteiger partial charge on any atom is -0.351 e. The summed E-state index contributed by atoms with van der Waals surface area (Å²) in [4.78, 5) is 3.70. The average molecular weight is 428 g/mol. The molecule has 0 saturated heterocycles. The number of hydrogen-bond acceptors (Lipinski definition) is 0. The lowest BCUT2D eigenvalue weighted by Gasteiger charge is -2.04. The van der Waals surface area contributed by atoms with Crippen LogP contribution in [0.4, 0.5) is 4.39 Å². The van der Waals surface area contributed by atoms with Crippen LogP contribution in [0.2, 0.25) is 0 Å². The Morgan fingerprint density at radius 3 is 2.21 bits per heavy atom. The molecule has 0 spiro atoms. The minimum absolute atomic E-state index is 0.243. The number of fused-ring (bicyclic) bond motifs is 8. The predicted octanol–water partition coefficient (Wildman–Crippen LogP) is 6.81. The summed E-state index contributed by atoms with van der Waals surface area (Å²) in [5.74, 6) is -0.243. The quantitative estimate of drug-likeness (QED) is 0.293. The van der Waals surface area contributed by atoms with E-state index in [1.807, 2.05) is 18.2 Å². The molecule has 0 radical (unpaired) electrons. The summed E-state index contributed by atoms with van der Waals surface area (Å²) < 4.78 is 18.1. The van der Waals surface area contributed by atoms with Gasteiger partial charge in [-0.25, -0.2) is 4.39 Å². The van der Waals surface area contributed by atoms with Gasteiger partial charge >= 0.3 is 0 Å². The van der Waals surface area contributed by atoms with E-state index in [1.54, 1.807) is 0 Å². The Bertz CT molecular complexity index is 1810. The Labute approximate surface area is 189 Å². The van der Waals surface area contributed by atoms with E-state index < -0.39 is 0 Å². The number of nitrogens with zero attached hydrogens (tertiary/aromatic N) is 2. The van der Waals surface area contributed by atoms with Crippen molar-refractivity contribution in [1.82, 2.24) is 9.55 Å². The van der Waals surface area contributed by atoms with Gasteiger partial charge in [0.05, 0.1) is 5.52 Å². The van der Waals surface area contributed by atoms with Crippen LogP contribution in [0.25, 0.3) is 55.2 Å². The number of hydrogen-bond donors (Lipinski definition) is 1. The van der Waals surface area contributed by atoms with Crippen LogP contribution in [-0.2, 0) is 0 Å². The third kappa shape index (κ3) is 2.58. The first-order valence-electron chi connectivity index (χ1n) is 11.0. The summed E-state index contributed by atoms with van der Waals surface area (Å²) in [7, 11) is 0. The van der Waals surface area contributed by atoms with Gasteiger partial charge in [0.2, 0.25) is 5.52 Å². The van der Waals surface area contributed by atoms with Crippen LogP contribution in [-0.4, -0.2) is 9.55 Å². The lowest BCUT2D eigenvalue weighted by atomic mass is 10.0. The molecule has 1 N–H and O–H groups in total. The van der Waals surface area contributed by atoms with Crippen molar-refractivity contribution in [2.24, 2.45) is 0 Å². The molecule has 0 saturated carbocycles. The Hall–Kier alpha value is -4.44. The Morgan fingerprint density at radius 1 is 0.697 bits per heavy atom. The summed E-state index contributed by atoms with van der Waals surface area (Å²) in [6, 6.07) is 34.0. The summed E-state index contributed by atoms with van der Waals surface area (Å²) in [5.41, 5.74) is 7.49. The second kappa shape index (κ2) is 6.78. The number of aromatic amines is 1. The van der Waals surface area contributed by atoms with Crippen molar-refractivity contribution in [3.8, 4) is 16.9 Å². The molecule has 7 aromatic rings. The molecule has 0 aliphatic heterocycles. The van der Waals surface area contributed by atoms with Gasteiger partial charge in [-0.05, 0) is 42.5 Å². The number of halogens is 1. The van der Waals surface area contributed by atoms with E-state index in [9.17, 15) is 4.39 Å². The molecule has 33 heavy (non-hydrogen) atoms. The van der Waals surface area contributed by atoms with Gasteiger partial charge in [-0.1, -0.05) is 60.7 Å². The standard InChI is InChI=1S/C29H19FN3/c30-20-14-16-21(17-15-20)32-18-33-25-13-7-5-11-23(25)26-22-10-4-6-12-24(22)31-27(26)29(33)28(32)19-8-2-1-3-9-19/h1-18,31H/q+1. The third-order valence-electron chi connectivity index (χ3n) is 6.46. The van der Waals surface area contributed by atoms with Crippen molar-refractivity contribution < 1.29 is 8.79 Å². The topological polar surface area (TPSA) is 24.8 Å². The predicted molar refractivity (Wildman–Crippen MR) is 131 cm³/mol. The van der Waals surface area contributed by atoms with Crippen LogP contribution in [0.5, 0.6) is 0 Å². The van der Waals surface area contributed by atoms with Crippen LogP contribution in [0.1, 0.15) is 0 Å². The van der Waals surface area contributed by atoms with E-state index in [2.05, 4.69) is 93.1 Å². The van der Waals surface area contributed by atoms with Crippen LogP contribution in [0.15, 0.2) is 109 Å². The number of nitrogens with one attached hydrogen (secondary N) is 1. The molecular weight excluding hydrogens is 409 g/mol. The van der Waals surface area contributed by atoms with Crippen molar-refractivity contribution in [2.75, 3.05) is 0 Å². The fourth-order valence-corrected chi connectivity index (χ4v) is 5.04. The monoisotopic (exact) mass is 428 g/mol. The number of imidazole rings is 1. The highest BCUT2D eigenvalue weighted by Gasteiger charge is 2.27. The van der Waals surface area contributed by atoms with Gasteiger partial charge in [0.1, 0.15) is 17.0 Å².